The predicted molar refractivity (Wildman–Crippen MR) is 80.8 cm³/mol. The maximum absolute atomic E-state index is 12.1. The van der Waals surface area contributed by atoms with Crippen LogP contribution in [0.4, 0.5) is 5.69 Å². The molecule has 0 aromatic heterocycles. The minimum atomic E-state index is -0.0853. The van der Waals surface area contributed by atoms with Gasteiger partial charge in [0.15, 0.2) is 0 Å². The van der Waals surface area contributed by atoms with Crippen molar-refractivity contribution in [1.82, 2.24) is 5.32 Å². The Morgan fingerprint density at radius 2 is 1.90 bits per heavy atom. The lowest BCUT2D eigenvalue weighted by Crippen LogP contribution is -2.27. The standard InChI is InChI=1S/C16H24N2O2/c1-15(2)13(16(15,3)4)9-18-14(19)10-6-7-12(20-5)11(17)8-10/h6-8,13H,9,17H2,1-5H3,(H,18,19). The Kier molecular flexibility index (Phi) is 3.44. The van der Waals surface area contributed by atoms with E-state index in [2.05, 4.69) is 33.0 Å². The van der Waals surface area contributed by atoms with E-state index >= 15 is 0 Å². The van der Waals surface area contributed by atoms with Gasteiger partial charge >= 0.3 is 0 Å². The van der Waals surface area contributed by atoms with Crippen molar-refractivity contribution >= 4 is 11.6 Å². The van der Waals surface area contributed by atoms with E-state index in [4.69, 9.17) is 10.5 Å². The normalized spacial score (nSPS) is 19.4. The van der Waals surface area contributed by atoms with Crippen LogP contribution in [0.2, 0.25) is 0 Å². The van der Waals surface area contributed by atoms with Gasteiger partial charge in [0, 0.05) is 12.1 Å². The van der Waals surface area contributed by atoms with E-state index in [-0.39, 0.29) is 16.7 Å². The summed E-state index contributed by atoms with van der Waals surface area (Å²) in [6.45, 7) is 9.68. The molecule has 4 nitrogen and oxygen atoms in total. The first-order chi connectivity index (χ1) is 9.21. The Morgan fingerprint density at radius 3 is 2.35 bits per heavy atom. The summed E-state index contributed by atoms with van der Waals surface area (Å²) in [4.78, 5) is 12.1. The molecule has 1 aromatic carbocycles. The highest BCUT2D eigenvalue weighted by Gasteiger charge is 2.64. The number of nitrogens with one attached hydrogen (secondary N) is 1. The number of carbonyl (C=O) groups excluding carboxylic acids is 1. The summed E-state index contributed by atoms with van der Waals surface area (Å²) in [7, 11) is 1.56. The van der Waals surface area contributed by atoms with Crippen molar-refractivity contribution in [2.75, 3.05) is 19.4 Å². The van der Waals surface area contributed by atoms with Crippen molar-refractivity contribution in [3.63, 3.8) is 0 Å². The van der Waals surface area contributed by atoms with Gasteiger partial charge < -0.3 is 15.8 Å². The zero-order valence-electron chi connectivity index (χ0n) is 12.9. The second-order valence-corrected chi connectivity index (χ2v) is 6.66. The molecule has 3 N–H and O–H groups in total. The van der Waals surface area contributed by atoms with E-state index in [1.54, 1.807) is 25.3 Å². The van der Waals surface area contributed by atoms with Gasteiger partial charge in [-0.15, -0.1) is 0 Å². The summed E-state index contributed by atoms with van der Waals surface area (Å²) in [5.74, 6) is 1.01. The second kappa shape index (κ2) is 4.69. The van der Waals surface area contributed by atoms with Crippen LogP contribution in [0.5, 0.6) is 5.75 Å². The molecule has 0 unspecified atom stereocenters. The lowest BCUT2D eigenvalue weighted by Gasteiger charge is -2.09. The maximum atomic E-state index is 12.1. The molecule has 0 saturated heterocycles. The molecule has 1 amide bonds. The minimum Gasteiger partial charge on any atom is -0.495 e. The summed E-state index contributed by atoms with van der Waals surface area (Å²) >= 11 is 0. The number of benzene rings is 1. The number of anilines is 1. The molecular formula is C16H24N2O2. The van der Waals surface area contributed by atoms with Gasteiger partial charge in [0.05, 0.1) is 12.8 Å². The van der Waals surface area contributed by atoms with Gasteiger partial charge in [0.2, 0.25) is 0 Å². The van der Waals surface area contributed by atoms with E-state index in [1.165, 1.54) is 0 Å². The number of ether oxygens (including phenoxy) is 1. The molecule has 2 rings (SSSR count). The molecule has 1 fully saturated rings. The van der Waals surface area contributed by atoms with Gasteiger partial charge in [-0.2, -0.15) is 0 Å². The summed E-state index contributed by atoms with van der Waals surface area (Å²) in [6, 6.07) is 5.10. The van der Waals surface area contributed by atoms with Gasteiger partial charge in [0.1, 0.15) is 5.75 Å². The lowest BCUT2D eigenvalue weighted by molar-refractivity contribution is 0.0950. The first-order valence-corrected chi connectivity index (χ1v) is 6.93. The molecule has 1 aliphatic carbocycles. The van der Waals surface area contributed by atoms with Crippen LogP contribution in [0.1, 0.15) is 38.1 Å². The Balaban J connectivity index is 1.98. The van der Waals surface area contributed by atoms with E-state index in [9.17, 15) is 4.79 Å². The largest absolute Gasteiger partial charge is 0.495 e. The summed E-state index contributed by atoms with van der Waals surface area (Å²) in [6.07, 6.45) is 0. The van der Waals surface area contributed by atoms with Crippen LogP contribution in [-0.2, 0) is 0 Å². The molecule has 0 bridgehead atoms. The van der Waals surface area contributed by atoms with Gasteiger partial charge in [-0.3, -0.25) is 4.79 Å². The van der Waals surface area contributed by atoms with Crippen LogP contribution in [0.15, 0.2) is 18.2 Å². The van der Waals surface area contributed by atoms with Crippen molar-refractivity contribution in [3.8, 4) is 5.75 Å². The summed E-state index contributed by atoms with van der Waals surface area (Å²) in [5.41, 5.74) is 7.42. The number of nitrogen functional groups attached to an aromatic ring is 1. The fourth-order valence-electron chi connectivity index (χ4n) is 3.02. The minimum absolute atomic E-state index is 0.0853. The van der Waals surface area contributed by atoms with Crippen LogP contribution < -0.4 is 15.8 Å². The Labute approximate surface area is 120 Å². The van der Waals surface area contributed by atoms with Crippen LogP contribution in [0.25, 0.3) is 0 Å². The lowest BCUT2D eigenvalue weighted by atomic mass is 10.0. The van der Waals surface area contributed by atoms with Gasteiger partial charge in [-0.25, -0.2) is 0 Å². The quantitative estimate of drug-likeness (QED) is 0.831. The average Bonchev–Trinajstić information content (AvgIpc) is 2.76. The topological polar surface area (TPSA) is 64.3 Å². The molecule has 110 valence electrons. The molecule has 0 aliphatic heterocycles. The van der Waals surface area contributed by atoms with Crippen LogP contribution in [0.3, 0.4) is 0 Å². The fraction of sp³-hybridized carbons (Fsp3) is 0.562. The van der Waals surface area contributed by atoms with E-state index < -0.39 is 0 Å². The molecule has 1 aliphatic rings. The van der Waals surface area contributed by atoms with Gasteiger partial charge in [0.25, 0.3) is 5.91 Å². The third kappa shape index (κ3) is 2.23. The molecular weight excluding hydrogens is 252 g/mol. The number of carbonyl (C=O) groups is 1. The fourth-order valence-corrected chi connectivity index (χ4v) is 3.02. The SMILES string of the molecule is COc1ccc(C(=O)NCC2C(C)(C)C2(C)C)cc1N. The predicted octanol–water partition coefficient (Wildman–Crippen LogP) is 2.69. The van der Waals surface area contributed by atoms with Crippen molar-refractivity contribution in [2.45, 2.75) is 27.7 Å². The van der Waals surface area contributed by atoms with Gasteiger partial charge in [-0.1, -0.05) is 27.7 Å². The Hall–Kier alpha value is -1.71. The molecule has 0 spiro atoms. The molecule has 1 saturated carbocycles. The van der Waals surface area contributed by atoms with Crippen molar-refractivity contribution in [1.29, 1.82) is 0 Å². The number of methoxy groups -OCH3 is 1. The number of hydrogen-bond donors (Lipinski definition) is 2. The van der Waals surface area contributed by atoms with E-state index in [0.29, 0.717) is 29.5 Å². The third-order valence-corrected chi connectivity index (χ3v) is 5.28. The summed E-state index contributed by atoms with van der Waals surface area (Å²) < 4.78 is 5.09. The molecule has 0 radical (unpaired) electrons. The monoisotopic (exact) mass is 276 g/mol. The average molecular weight is 276 g/mol. The van der Waals surface area contributed by atoms with E-state index in [0.717, 1.165) is 0 Å². The number of amides is 1. The summed E-state index contributed by atoms with van der Waals surface area (Å²) in [5, 5.41) is 3.00. The van der Waals surface area contributed by atoms with Crippen molar-refractivity contribution < 1.29 is 9.53 Å². The highest BCUT2D eigenvalue weighted by atomic mass is 16.5. The first kappa shape index (κ1) is 14.7. The van der Waals surface area contributed by atoms with Crippen molar-refractivity contribution in [3.05, 3.63) is 23.8 Å². The molecule has 0 heterocycles. The maximum Gasteiger partial charge on any atom is 0.251 e. The third-order valence-electron chi connectivity index (χ3n) is 5.28. The Morgan fingerprint density at radius 1 is 1.30 bits per heavy atom. The zero-order valence-corrected chi connectivity index (χ0v) is 12.9. The number of rotatable bonds is 4. The van der Waals surface area contributed by atoms with Gasteiger partial charge in [-0.05, 0) is 34.9 Å². The molecule has 0 atom stereocenters. The smallest absolute Gasteiger partial charge is 0.251 e. The van der Waals surface area contributed by atoms with E-state index in [1.807, 2.05) is 0 Å². The number of hydrogen-bond acceptors (Lipinski definition) is 3. The molecule has 4 heteroatoms. The zero-order chi connectivity index (χ0) is 15.1. The second-order valence-electron chi connectivity index (χ2n) is 6.66. The molecule has 1 aromatic rings. The van der Waals surface area contributed by atoms with Crippen molar-refractivity contribution in [2.24, 2.45) is 16.7 Å². The highest BCUT2D eigenvalue weighted by Crippen LogP contribution is 2.67. The van der Waals surface area contributed by atoms with Crippen LogP contribution in [0, 0.1) is 16.7 Å². The first-order valence-electron chi connectivity index (χ1n) is 6.93. The van der Waals surface area contributed by atoms with Crippen LogP contribution in [-0.4, -0.2) is 19.6 Å². The Bertz CT molecular complexity index is 521. The highest BCUT2D eigenvalue weighted by molar-refractivity contribution is 5.95. The van der Waals surface area contributed by atoms with Crippen LogP contribution >= 0.6 is 0 Å². The molecule has 20 heavy (non-hydrogen) atoms. The number of nitrogens with two attached hydrogens (primary N) is 1.